The van der Waals surface area contributed by atoms with Crippen molar-refractivity contribution in [1.29, 1.82) is 0 Å². The molecule has 0 aliphatic carbocycles. The molecule has 0 radical (unpaired) electrons. The van der Waals surface area contributed by atoms with Gasteiger partial charge in [0.05, 0.1) is 16.7 Å². The summed E-state index contributed by atoms with van der Waals surface area (Å²) in [5.74, 6) is -0.884. The summed E-state index contributed by atoms with van der Waals surface area (Å²) in [6, 6.07) is 4.53. The SMILES string of the molecule is CC(C)C(C)(CN)NC(=O)c1ccc2c(c1)C(=O)N(C)C2=O.Cl. The molecule has 7 heteroatoms. The number of imide groups is 1. The van der Waals surface area contributed by atoms with Gasteiger partial charge in [-0.15, -0.1) is 12.4 Å². The lowest BCUT2D eigenvalue weighted by atomic mass is 9.88. The van der Waals surface area contributed by atoms with Gasteiger partial charge < -0.3 is 11.1 Å². The van der Waals surface area contributed by atoms with E-state index in [4.69, 9.17) is 5.73 Å². The van der Waals surface area contributed by atoms with E-state index in [0.717, 1.165) is 4.90 Å². The zero-order chi connectivity index (χ0) is 16.7. The molecule has 1 unspecified atom stereocenters. The number of hydrogen-bond acceptors (Lipinski definition) is 4. The number of carbonyl (C=O) groups is 3. The maximum Gasteiger partial charge on any atom is 0.261 e. The summed E-state index contributed by atoms with van der Waals surface area (Å²) >= 11 is 0. The monoisotopic (exact) mass is 339 g/mol. The Morgan fingerprint density at radius 2 is 1.83 bits per heavy atom. The molecule has 6 nitrogen and oxygen atoms in total. The number of carbonyl (C=O) groups excluding carboxylic acids is 3. The Kier molecular flexibility index (Phi) is 5.56. The molecule has 0 bridgehead atoms. The van der Waals surface area contributed by atoms with Crippen molar-refractivity contribution in [1.82, 2.24) is 10.2 Å². The molecule has 0 saturated heterocycles. The van der Waals surface area contributed by atoms with Gasteiger partial charge in [-0.05, 0) is 31.0 Å². The van der Waals surface area contributed by atoms with Crippen LogP contribution in [0.3, 0.4) is 0 Å². The molecule has 126 valence electrons. The standard InChI is InChI=1S/C16H21N3O3.ClH/c1-9(2)16(3,8-17)18-13(20)10-5-6-11-12(7-10)15(22)19(4)14(11)21;/h5-7,9H,8,17H2,1-4H3,(H,18,20);1H. The minimum absolute atomic E-state index is 0. The van der Waals surface area contributed by atoms with Gasteiger partial charge in [-0.1, -0.05) is 13.8 Å². The summed E-state index contributed by atoms with van der Waals surface area (Å²) in [6.45, 7) is 6.15. The fraction of sp³-hybridized carbons (Fsp3) is 0.438. The van der Waals surface area contributed by atoms with Gasteiger partial charge in [0.15, 0.2) is 0 Å². The van der Waals surface area contributed by atoms with Crippen molar-refractivity contribution in [2.24, 2.45) is 11.7 Å². The summed E-state index contributed by atoms with van der Waals surface area (Å²) in [6.07, 6.45) is 0. The smallest absolute Gasteiger partial charge is 0.261 e. The lowest BCUT2D eigenvalue weighted by Crippen LogP contribution is -2.55. The topological polar surface area (TPSA) is 92.5 Å². The molecule has 1 aliphatic heterocycles. The van der Waals surface area contributed by atoms with Crippen LogP contribution in [0.1, 0.15) is 51.8 Å². The summed E-state index contributed by atoms with van der Waals surface area (Å²) in [5.41, 5.74) is 6.16. The first-order valence-corrected chi connectivity index (χ1v) is 7.20. The lowest BCUT2D eigenvalue weighted by molar-refractivity contribution is 0.0692. The largest absolute Gasteiger partial charge is 0.345 e. The Hall–Kier alpha value is -1.92. The molecule has 1 aliphatic rings. The number of rotatable bonds is 4. The fourth-order valence-corrected chi connectivity index (χ4v) is 2.27. The number of amides is 3. The highest BCUT2D eigenvalue weighted by Gasteiger charge is 2.34. The van der Waals surface area contributed by atoms with E-state index in [1.165, 1.54) is 19.2 Å². The van der Waals surface area contributed by atoms with Gasteiger partial charge >= 0.3 is 0 Å². The minimum atomic E-state index is -0.535. The van der Waals surface area contributed by atoms with Crippen molar-refractivity contribution < 1.29 is 14.4 Å². The molecular formula is C16H22ClN3O3. The van der Waals surface area contributed by atoms with Crippen LogP contribution in [0.4, 0.5) is 0 Å². The van der Waals surface area contributed by atoms with Crippen LogP contribution >= 0.6 is 12.4 Å². The van der Waals surface area contributed by atoms with Crippen molar-refractivity contribution in [3.05, 3.63) is 34.9 Å². The van der Waals surface area contributed by atoms with Crippen LogP contribution in [0.5, 0.6) is 0 Å². The highest BCUT2D eigenvalue weighted by molar-refractivity contribution is 6.21. The Balaban J connectivity index is 0.00000264. The Morgan fingerprint density at radius 3 is 2.35 bits per heavy atom. The average molecular weight is 340 g/mol. The van der Waals surface area contributed by atoms with E-state index in [-0.39, 0.29) is 41.6 Å². The molecular weight excluding hydrogens is 318 g/mol. The Bertz CT molecular complexity index is 660. The van der Waals surface area contributed by atoms with E-state index in [0.29, 0.717) is 17.7 Å². The normalized spacial score (nSPS) is 16.0. The second-order valence-electron chi connectivity index (χ2n) is 6.16. The summed E-state index contributed by atoms with van der Waals surface area (Å²) < 4.78 is 0. The van der Waals surface area contributed by atoms with Gasteiger partial charge in [0.2, 0.25) is 0 Å². The third-order valence-electron chi connectivity index (χ3n) is 4.45. The predicted octanol–water partition coefficient (Wildman–Crippen LogP) is 1.44. The summed E-state index contributed by atoms with van der Waals surface area (Å²) in [7, 11) is 1.43. The van der Waals surface area contributed by atoms with Crippen LogP contribution < -0.4 is 11.1 Å². The van der Waals surface area contributed by atoms with Crippen molar-refractivity contribution >= 4 is 30.1 Å². The Morgan fingerprint density at radius 1 is 1.26 bits per heavy atom. The number of nitrogens with one attached hydrogen (secondary N) is 1. The molecule has 3 amide bonds. The van der Waals surface area contributed by atoms with E-state index in [2.05, 4.69) is 5.32 Å². The number of benzene rings is 1. The first kappa shape index (κ1) is 19.1. The highest BCUT2D eigenvalue weighted by atomic mass is 35.5. The van der Waals surface area contributed by atoms with Gasteiger partial charge in [0.25, 0.3) is 17.7 Å². The highest BCUT2D eigenvalue weighted by Crippen LogP contribution is 2.23. The maximum atomic E-state index is 12.4. The molecule has 1 aromatic carbocycles. The lowest BCUT2D eigenvalue weighted by Gasteiger charge is -2.33. The first-order chi connectivity index (χ1) is 10.2. The van der Waals surface area contributed by atoms with Gasteiger partial charge in [0.1, 0.15) is 0 Å². The van der Waals surface area contributed by atoms with Gasteiger partial charge in [0, 0.05) is 19.2 Å². The molecule has 2 rings (SSSR count). The van der Waals surface area contributed by atoms with E-state index < -0.39 is 5.54 Å². The zero-order valence-electron chi connectivity index (χ0n) is 13.7. The second kappa shape index (κ2) is 6.68. The van der Waals surface area contributed by atoms with Crippen molar-refractivity contribution in [2.45, 2.75) is 26.3 Å². The molecule has 23 heavy (non-hydrogen) atoms. The van der Waals surface area contributed by atoms with Crippen LogP contribution in [-0.2, 0) is 0 Å². The fourth-order valence-electron chi connectivity index (χ4n) is 2.27. The summed E-state index contributed by atoms with van der Waals surface area (Å²) in [4.78, 5) is 37.3. The number of halogens is 1. The van der Waals surface area contributed by atoms with Gasteiger partial charge in [-0.2, -0.15) is 0 Å². The molecule has 0 aromatic heterocycles. The van der Waals surface area contributed by atoms with Crippen molar-refractivity contribution in [2.75, 3.05) is 13.6 Å². The number of hydrogen-bond donors (Lipinski definition) is 2. The Labute approximate surface area is 141 Å². The van der Waals surface area contributed by atoms with Crippen molar-refractivity contribution in [3.8, 4) is 0 Å². The summed E-state index contributed by atoms with van der Waals surface area (Å²) in [5, 5.41) is 2.91. The predicted molar refractivity (Wildman–Crippen MR) is 89.9 cm³/mol. The van der Waals surface area contributed by atoms with Crippen LogP contribution in [0.2, 0.25) is 0 Å². The molecule has 0 saturated carbocycles. The van der Waals surface area contributed by atoms with Crippen LogP contribution in [0, 0.1) is 5.92 Å². The molecule has 3 N–H and O–H groups in total. The first-order valence-electron chi connectivity index (χ1n) is 7.20. The quantitative estimate of drug-likeness (QED) is 0.812. The molecule has 1 aromatic rings. The van der Waals surface area contributed by atoms with E-state index in [1.807, 2.05) is 20.8 Å². The minimum Gasteiger partial charge on any atom is -0.345 e. The maximum absolute atomic E-state index is 12.4. The van der Waals surface area contributed by atoms with Crippen LogP contribution in [-0.4, -0.2) is 41.8 Å². The molecule has 1 heterocycles. The van der Waals surface area contributed by atoms with E-state index >= 15 is 0 Å². The van der Waals surface area contributed by atoms with Gasteiger partial charge in [-0.3, -0.25) is 19.3 Å². The van der Waals surface area contributed by atoms with Crippen LogP contribution in [0.25, 0.3) is 0 Å². The average Bonchev–Trinajstić information content (AvgIpc) is 2.71. The van der Waals surface area contributed by atoms with E-state index in [1.54, 1.807) is 6.07 Å². The number of nitrogens with zero attached hydrogens (tertiary/aromatic N) is 1. The van der Waals surface area contributed by atoms with Gasteiger partial charge in [-0.25, -0.2) is 0 Å². The third-order valence-corrected chi connectivity index (χ3v) is 4.45. The number of nitrogens with two attached hydrogens (primary N) is 1. The third kappa shape index (κ3) is 3.23. The second-order valence-corrected chi connectivity index (χ2v) is 6.16. The number of fused-ring (bicyclic) bond motifs is 1. The zero-order valence-corrected chi connectivity index (χ0v) is 14.5. The molecule has 0 spiro atoms. The van der Waals surface area contributed by atoms with Crippen LogP contribution in [0.15, 0.2) is 18.2 Å². The molecule has 1 atom stereocenters. The molecule has 0 fully saturated rings. The van der Waals surface area contributed by atoms with Crippen molar-refractivity contribution in [3.63, 3.8) is 0 Å². The van der Waals surface area contributed by atoms with E-state index in [9.17, 15) is 14.4 Å².